The molecule has 184 valence electrons. The number of hydrogen-bond acceptors (Lipinski definition) is 4. The summed E-state index contributed by atoms with van der Waals surface area (Å²) in [6.07, 6.45) is 1.60. The van der Waals surface area contributed by atoms with Crippen molar-refractivity contribution in [2.24, 2.45) is 0 Å². The first-order valence-corrected chi connectivity index (χ1v) is 12.5. The quantitative estimate of drug-likeness (QED) is 0.385. The first-order valence-electron chi connectivity index (χ1n) is 11.7. The van der Waals surface area contributed by atoms with E-state index in [1.165, 1.54) is 0 Å². The number of nitrogens with zero attached hydrogens (tertiary/aromatic N) is 2. The van der Waals surface area contributed by atoms with Crippen molar-refractivity contribution < 1.29 is 9.53 Å². The molecule has 0 atom stereocenters. The predicted molar refractivity (Wildman–Crippen MR) is 143 cm³/mol. The Morgan fingerprint density at radius 3 is 2.22 bits per heavy atom. The maximum atomic E-state index is 13.6. The van der Waals surface area contributed by atoms with Crippen molar-refractivity contribution in [2.75, 3.05) is 26.3 Å². The molecular formula is C28H25Cl2N3O3. The number of benzene rings is 3. The zero-order chi connectivity index (χ0) is 25.1. The SMILES string of the molecule is O=C(NCc1ccc(Cl)cc1)c1cn(-c2ccc(Cl)cc2)c2ccc(CN3CCOCC3)cc2c1=O. The van der Waals surface area contributed by atoms with Gasteiger partial charge in [-0.15, -0.1) is 0 Å². The second-order valence-electron chi connectivity index (χ2n) is 8.77. The van der Waals surface area contributed by atoms with Crippen molar-refractivity contribution in [3.8, 4) is 5.69 Å². The van der Waals surface area contributed by atoms with Crippen LogP contribution in [0.4, 0.5) is 0 Å². The Hall–Kier alpha value is -3.16. The van der Waals surface area contributed by atoms with Gasteiger partial charge < -0.3 is 14.6 Å². The molecule has 8 heteroatoms. The largest absolute Gasteiger partial charge is 0.379 e. The number of amides is 1. The maximum Gasteiger partial charge on any atom is 0.257 e. The molecule has 1 saturated heterocycles. The number of nitrogens with one attached hydrogen (secondary N) is 1. The van der Waals surface area contributed by atoms with Crippen molar-refractivity contribution in [1.29, 1.82) is 0 Å². The van der Waals surface area contributed by atoms with Gasteiger partial charge >= 0.3 is 0 Å². The molecule has 2 heterocycles. The highest BCUT2D eigenvalue weighted by Crippen LogP contribution is 2.22. The topological polar surface area (TPSA) is 63.6 Å². The average Bonchev–Trinajstić information content (AvgIpc) is 2.90. The third-order valence-corrected chi connectivity index (χ3v) is 6.80. The van der Waals surface area contributed by atoms with Crippen molar-refractivity contribution in [3.63, 3.8) is 0 Å². The lowest BCUT2D eigenvalue weighted by molar-refractivity contribution is 0.0342. The van der Waals surface area contributed by atoms with Crippen LogP contribution >= 0.6 is 23.2 Å². The van der Waals surface area contributed by atoms with Crippen molar-refractivity contribution in [2.45, 2.75) is 13.1 Å². The lowest BCUT2D eigenvalue weighted by atomic mass is 10.1. The van der Waals surface area contributed by atoms with Gasteiger partial charge in [-0.2, -0.15) is 0 Å². The number of halogens is 2. The fourth-order valence-corrected chi connectivity index (χ4v) is 4.60. The average molecular weight is 522 g/mol. The summed E-state index contributed by atoms with van der Waals surface area (Å²) < 4.78 is 7.31. The molecule has 0 saturated carbocycles. The molecule has 0 aliphatic carbocycles. The Morgan fingerprint density at radius 1 is 0.889 bits per heavy atom. The normalized spacial score (nSPS) is 14.2. The second kappa shape index (κ2) is 10.8. The maximum absolute atomic E-state index is 13.6. The zero-order valence-electron chi connectivity index (χ0n) is 19.5. The highest BCUT2D eigenvalue weighted by Gasteiger charge is 2.18. The van der Waals surface area contributed by atoms with E-state index in [9.17, 15) is 9.59 Å². The summed E-state index contributed by atoms with van der Waals surface area (Å²) in [7, 11) is 0. The van der Waals surface area contributed by atoms with Gasteiger partial charge in [0, 0.05) is 53.5 Å². The number of carbonyl (C=O) groups is 1. The summed E-state index contributed by atoms with van der Waals surface area (Å²) in [6.45, 7) is 4.10. The van der Waals surface area contributed by atoms with Crippen LogP contribution in [0, 0.1) is 0 Å². The molecule has 4 aromatic rings. The molecule has 1 aromatic heterocycles. The first-order chi connectivity index (χ1) is 17.5. The van der Waals surface area contributed by atoms with Crippen LogP contribution in [-0.4, -0.2) is 41.7 Å². The van der Waals surface area contributed by atoms with Gasteiger partial charge in [0.1, 0.15) is 5.56 Å². The monoisotopic (exact) mass is 521 g/mol. The summed E-state index contributed by atoms with van der Waals surface area (Å²) in [4.78, 5) is 29.1. The Kier molecular flexibility index (Phi) is 7.39. The number of fused-ring (bicyclic) bond motifs is 1. The summed E-state index contributed by atoms with van der Waals surface area (Å²) in [5.41, 5.74) is 3.21. The van der Waals surface area contributed by atoms with E-state index < -0.39 is 5.91 Å². The van der Waals surface area contributed by atoms with E-state index in [2.05, 4.69) is 10.2 Å². The lowest BCUT2D eigenvalue weighted by Gasteiger charge is -2.26. The van der Waals surface area contributed by atoms with Crippen LogP contribution < -0.4 is 10.7 Å². The molecule has 0 radical (unpaired) electrons. The number of rotatable bonds is 6. The molecule has 5 rings (SSSR count). The zero-order valence-corrected chi connectivity index (χ0v) is 21.1. The number of pyridine rings is 1. The Morgan fingerprint density at radius 2 is 1.53 bits per heavy atom. The van der Waals surface area contributed by atoms with E-state index in [4.69, 9.17) is 27.9 Å². The number of ether oxygens (including phenoxy) is 1. The van der Waals surface area contributed by atoms with Crippen LogP contribution in [-0.2, 0) is 17.8 Å². The van der Waals surface area contributed by atoms with Gasteiger partial charge in [0.25, 0.3) is 5.91 Å². The van der Waals surface area contributed by atoms with Crippen LogP contribution in [0.3, 0.4) is 0 Å². The minimum absolute atomic E-state index is 0.0786. The molecule has 0 spiro atoms. The highest BCUT2D eigenvalue weighted by atomic mass is 35.5. The van der Waals surface area contributed by atoms with E-state index in [1.807, 2.05) is 47.0 Å². The molecule has 1 N–H and O–H groups in total. The van der Waals surface area contributed by atoms with Crippen LogP contribution in [0.2, 0.25) is 10.0 Å². The smallest absolute Gasteiger partial charge is 0.257 e. The standard InChI is InChI=1S/C28H25Cl2N3O3/c29-21-4-1-19(2-5-21)16-31-28(35)25-18-33(23-8-6-22(30)7-9-23)26-10-3-20(15-24(26)27(25)34)17-32-11-13-36-14-12-32/h1-10,15,18H,11-14,16-17H2,(H,31,35). The second-order valence-corrected chi connectivity index (χ2v) is 9.64. The Bertz CT molecular complexity index is 1440. The molecule has 1 fully saturated rings. The van der Waals surface area contributed by atoms with Gasteiger partial charge in [0.05, 0.1) is 18.7 Å². The molecule has 0 unspecified atom stereocenters. The molecular weight excluding hydrogens is 497 g/mol. The highest BCUT2D eigenvalue weighted by molar-refractivity contribution is 6.30. The number of morpholine rings is 1. The lowest BCUT2D eigenvalue weighted by Crippen LogP contribution is -2.35. The van der Waals surface area contributed by atoms with Crippen molar-refractivity contribution in [3.05, 3.63) is 110 Å². The Balaban J connectivity index is 1.53. The van der Waals surface area contributed by atoms with E-state index in [1.54, 1.807) is 30.5 Å². The van der Waals surface area contributed by atoms with Crippen LogP contribution in [0.5, 0.6) is 0 Å². The predicted octanol–water partition coefficient (Wildman–Crippen LogP) is 5.06. The number of hydrogen-bond donors (Lipinski definition) is 1. The van der Waals surface area contributed by atoms with E-state index in [0.29, 0.717) is 35.2 Å². The molecule has 6 nitrogen and oxygen atoms in total. The first kappa shape index (κ1) is 24.5. The van der Waals surface area contributed by atoms with Gasteiger partial charge in [0.15, 0.2) is 0 Å². The van der Waals surface area contributed by atoms with Gasteiger partial charge in [-0.25, -0.2) is 0 Å². The minimum Gasteiger partial charge on any atom is -0.379 e. The van der Waals surface area contributed by atoms with Gasteiger partial charge in [-0.1, -0.05) is 41.4 Å². The summed E-state index contributed by atoms with van der Waals surface area (Å²) >= 11 is 12.1. The van der Waals surface area contributed by atoms with Crippen LogP contribution in [0.15, 0.2) is 77.7 Å². The molecule has 1 amide bonds. The molecule has 0 bridgehead atoms. The van der Waals surface area contributed by atoms with Gasteiger partial charge in [-0.3, -0.25) is 14.5 Å². The van der Waals surface area contributed by atoms with E-state index >= 15 is 0 Å². The van der Waals surface area contributed by atoms with Crippen LogP contribution in [0.1, 0.15) is 21.5 Å². The fourth-order valence-electron chi connectivity index (χ4n) is 4.35. The molecule has 36 heavy (non-hydrogen) atoms. The van der Waals surface area contributed by atoms with Crippen molar-refractivity contribution >= 4 is 40.0 Å². The molecule has 1 aliphatic rings. The number of aromatic nitrogens is 1. The number of carbonyl (C=O) groups excluding carboxylic acids is 1. The molecule has 3 aromatic carbocycles. The van der Waals surface area contributed by atoms with Crippen LogP contribution in [0.25, 0.3) is 16.6 Å². The summed E-state index contributed by atoms with van der Waals surface area (Å²) in [5.74, 6) is -0.432. The third-order valence-electron chi connectivity index (χ3n) is 6.29. The minimum atomic E-state index is -0.432. The van der Waals surface area contributed by atoms with Gasteiger partial charge in [-0.05, 0) is 59.7 Å². The summed E-state index contributed by atoms with van der Waals surface area (Å²) in [5, 5.41) is 4.60. The van der Waals surface area contributed by atoms with E-state index in [-0.39, 0.29) is 17.5 Å². The van der Waals surface area contributed by atoms with Crippen molar-refractivity contribution in [1.82, 2.24) is 14.8 Å². The van der Waals surface area contributed by atoms with E-state index in [0.717, 1.165) is 35.4 Å². The van der Waals surface area contributed by atoms with Gasteiger partial charge in [0.2, 0.25) is 5.43 Å². The Labute approximate surface area is 219 Å². The molecule has 1 aliphatic heterocycles. The summed E-state index contributed by atoms with van der Waals surface area (Å²) in [6, 6.07) is 20.4. The fraction of sp³-hybridized carbons (Fsp3) is 0.214. The third kappa shape index (κ3) is 5.47.